The van der Waals surface area contributed by atoms with E-state index in [-0.39, 0.29) is 16.6 Å². The van der Waals surface area contributed by atoms with E-state index in [0.29, 0.717) is 21.3 Å². The Bertz CT molecular complexity index is 1610. The van der Waals surface area contributed by atoms with Gasteiger partial charge in [-0.25, -0.2) is 4.99 Å². The smallest absolute Gasteiger partial charge is 0.339 e. The van der Waals surface area contributed by atoms with Crippen molar-refractivity contribution in [3.05, 3.63) is 101 Å². The van der Waals surface area contributed by atoms with Gasteiger partial charge in [-0.05, 0) is 82.7 Å². The van der Waals surface area contributed by atoms with Gasteiger partial charge in [0.15, 0.2) is 5.17 Å². The highest BCUT2D eigenvalue weighted by Gasteiger charge is 2.24. The molecule has 1 aliphatic heterocycles. The molecule has 1 saturated heterocycles. The quantitative estimate of drug-likeness (QED) is 0.268. The summed E-state index contributed by atoms with van der Waals surface area (Å²) in [5, 5.41) is 4.97. The number of nitrogens with zero attached hydrogens (tertiary/aromatic N) is 1. The number of amidine groups is 1. The number of thioether (sulfide) groups is 1. The maximum absolute atomic E-state index is 12.8. The zero-order valence-corrected chi connectivity index (χ0v) is 20.7. The minimum absolute atomic E-state index is 0.0788. The first kappa shape index (κ1) is 23.7. The van der Waals surface area contributed by atoms with E-state index >= 15 is 0 Å². The Labute approximate surface area is 212 Å². The molecule has 0 unspecified atom stereocenters. The second-order valence-corrected chi connectivity index (χ2v) is 10.4. The summed E-state index contributed by atoms with van der Waals surface area (Å²) in [6.07, 6.45) is 1.71. The summed E-state index contributed by atoms with van der Waals surface area (Å²) in [4.78, 5) is 17.4. The minimum atomic E-state index is -4.00. The lowest BCUT2D eigenvalue weighted by Gasteiger charge is -2.08. The van der Waals surface area contributed by atoms with Gasteiger partial charge in [0.1, 0.15) is 16.4 Å². The summed E-state index contributed by atoms with van der Waals surface area (Å²) in [5.41, 5.74) is 1.41. The third-order valence-corrected chi connectivity index (χ3v) is 7.50. The summed E-state index contributed by atoms with van der Waals surface area (Å²) < 4.78 is 36.0. The number of ether oxygens (including phenoxy) is 1. The van der Waals surface area contributed by atoms with Crippen molar-refractivity contribution in [2.45, 2.75) is 4.90 Å². The molecule has 9 heteroatoms. The number of rotatable bonds is 6. The van der Waals surface area contributed by atoms with Gasteiger partial charge >= 0.3 is 10.1 Å². The minimum Gasteiger partial charge on any atom is -0.497 e. The molecule has 1 N–H and O–H groups in total. The molecule has 0 spiro atoms. The number of aliphatic imine (C=N–C) groups is 1. The number of carbonyl (C=O) groups is 1. The van der Waals surface area contributed by atoms with Crippen molar-refractivity contribution in [3.63, 3.8) is 0 Å². The normalized spacial score (nSPS) is 15.9. The van der Waals surface area contributed by atoms with Crippen LogP contribution in [0.1, 0.15) is 5.56 Å². The van der Waals surface area contributed by atoms with E-state index in [1.54, 1.807) is 73.8 Å². The van der Waals surface area contributed by atoms with E-state index in [4.69, 9.17) is 8.92 Å². The summed E-state index contributed by atoms with van der Waals surface area (Å²) in [5.74, 6) is 0.641. The van der Waals surface area contributed by atoms with Gasteiger partial charge in [0.25, 0.3) is 5.91 Å². The van der Waals surface area contributed by atoms with Crippen LogP contribution in [0.4, 0.5) is 5.69 Å². The number of methoxy groups -OCH3 is 1. The van der Waals surface area contributed by atoms with Crippen LogP contribution in [0.2, 0.25) is 0 Å². The molecular formula is C27H20N2O5S2. The molecule has 0 radical (unpaired) electrons. The molecule has 7 nitrogen and oxygen atoms in total. The summed E-state index contributed by atoms with van der Waals surface area (Å²) in [6, 6.07) is 26.0. The maximum Gasteiger partial charge on any atom is 0.339 e. The molecular weight excluding hydrogens is 496 g/mol. The number of amides is 1. The van der Waals surface area contributed by atoms with Gasteiger partial charge in [-0.15, -0.1) is 0 Å². The van der Waals surface area contributed by atoms with Gasteiger partial charge in [0.2, 0.25) is 0 Å². The van der Waals surface area contributed by atoms with Crippen LogP contribution >= 0.6 is 11.8 Å². The van der Waals surface area contributed by atoms with E-state index in [0.717, 1.165) is 16.5 Å². The van der Waals surface area contributed by atoms with Crippen molar-refractivity contribution in [1.29, 1.82) is 0 Å². The Balaban J connectivity index is 1.29. The van der Waals surface area contributed by atoms with E-state index in [1.165, 1.54) is 17.8 Å². The number of fused-ring (bicyclic) bond motifs is 1. The number of benzene rings is 4. The fourth-order valence-electron chi connectivity index (χ4n) is 3.52. The number of nitrogens with one attached hydrogen (secondary N) is 1. The van der Waals surface area contributed by atoms with E-state index < -0.39 is 10.1 Å². The first-order valence-electron chi connectivity index (χ1n) is 10.9. The first-order chi connectivity index (χ1) is 17.4. The van der Waals surface area contributed by atoms with E-state index in [2.05, 4.69) is 10.3 Å². The highest BCUT2D eigenvalue weighted by molar-refractivity contribution is 8.18. The molecule has 1 fully saturated rings. The Kier molecular flexibility index (Phi) is 6.49. The third kappa shape index (κ3) is 5.27. The van der Waals surface area contributed by atoms with Crippen LogP contribution in [0.5, 0.6) is 11.5 Å². The number of hydrogen-bond donors (Lipinski definition) is 1. The van der Waals surface area contributed by atoms with Crippen LogP contribution in [0.3, 0.4) is 0 Å². The Morgan fingerprint density at radius 2 is 1.56 bits per heavy atom. The Hall–Kier alpha value is -4.08. The van der Waals surface area contributed by atoms with E-state index in [1.807, 2.05) is 24.3 Å². The molecule has 0 atom stereocenters. The summed E-state index contributed by atoms with van der Waals surface area (Å²) in [7, 11) is -2.41. The summed E-state index contributed by atoms with van der Waals surface area (Å²) in [6.45, 7) is 0. The fourth-order valence-corrected chi connectivity index (χ4v) is 5.33. The van der Waals surface area contributed by atoms with Crippen LogP contribution < -0.4 is 14.2 Å². The van der Waals surface area contributed by atoms with Crippen LogP contribution in [-0.2, 0) is 14.9 Å². The molecule has 0 aliphatic carbocycles. The molecule has 4 aromatic carbocycles. The average molecular weight is 517 g/mol. The largest absolute Gasteiger partial charge is 0.497 e. The zero-order chi connectivity index (χ0) is 25.1. The molecule has 36 heavy (non-hydrogen) atoms. The fraction of sp³-hybridized carbons (Fsp3) is 0.0370. The van der Waals surface area contributed by atoms with Crippen LogP contribution in [0, 0.1) is 0 Å². The Morgan fingerprint density at radius 1 is 0.861 bits per heavy atom. The lowest BCUT2D eigenvalue weighted by Crippen LogP contribution is -2.19. The monoisotopic (exact) mass is 516 g/mol. The van der Waals surface area contributed by atoms with Gasteiger partial charge in [0, 0.05) is 0 Å². The van der Waals surface area contributed by atoms with Crippen molar-refractivity contribution in [1.82, 2.24) is 5.32 Å². The van der Waals surface area contributed by atoms with Crippen LogP contribution in [0.15, 0.2) is 106 Å². The zero-order valence-electron chi connectivity index (χ0n) is 19.0. The number of hydrogen-bond acceptors (Lipinski definition) is 7. The molecule has 4 aromatic rings. The molecule has 1 heterocycles. The van der Waals surface area contributed by atoms with Gasteiger partial charge in [0.05, 0.1) is 17.7 Å². The molecule has 1 amide bonds. The lowest BCUT2D eigenvalue weighted by molar-refractivity contribution is -0.115. The van der Waals surface area contributed by atoms with Crippen LogP contribution in [0.25, 0.3) is 16.8 Å². The predicted octanol–water partition coefficient (Wildman–Crippen LogP) is 5.51. The molecule has 5 rings (SSSR count). The van der Waals surface area contributed by atoms with Crippen molar-refractivity contribution >= 4 is 55.5 Å². The maximum atomic E-state index is 12.8. The van der Waals surface area contributed by atoms with E-state index in [9.17, 15) is 13.2 Å². The lowest BCUT2D eigenvalue weighted by atomic mass is 10.1. The average Bonchev–Trinajstić information content (AvgIpc) is 3.23. The van der Waals surface area contributed by atoms with Crippen LogP contribution in [-0.4, -0.2) is 26.6 Å². The molecule has 0 aromatic heterocycles. The highest BCUT2D eigenvalue weighted by Crippen LogP contribution is 2.29. The predicted molar refractivity (Wildman–Crippen MR) is 142 cm³/mol. The van der Waals surface area contributed by atoms with Crippen molar-refractivity contribution in [3.8, 4) is 11.5 Å². The first-order valence-corrected chi connectivity index (χ1v) is 13.1. The topological polar surface area (TPSA) is 94.1 Å². The SMILES string of the molecule is COc1ccc(N=C2NC(=O)C(=Cc3ccc(OS(=O)(=O)c4ccc5ccccc5c4)cc3)S2)cc1. The molecule has 0 saturated carbocycles. The van der Waals surface area contributed by atoms with Crippen molar-refractivity contribution < 1.29 is 22.1 Å². The highest BCUT2D eigenvalue weighted by atomic mass is 32.2. The van der Waals surface area contributed by atoms with Gasteiger partial charge < -0.3 is 14.2 Å². The second kappa shape index (κ2) is 9.88. The van der Waals surface area contributed by atoms with Gasteiger partial charge in [-0.3, -0.25) is 4.79 Å². The standard InChI is InChI=1S/C27H20N2O5S2/c1-33-22-13-9-21(10-14-22)28-27-29-26(30)25(35-27)16-18-6-11-23(12-7-18)34-36(31,32)24-15-8-19-4-2-3-5-20(19)17-24/h2-17H,1H3,(H,28,29,30). The third-order valence-electron chi connectivity index (χ3n) is 5.35. The van der Waals surface area contributed by atoms with Crippen molar-refractivity contribution in [2.24, 2.45) is 4.99 Å². The van der Waals surface area contributed by atoms with Gasteiger partial charge in [-0.1, -0.05) is 42.5 Å². The molecule has 0 bridgehead atoms. The molecule has 180 valence electrons. The van der Waals surface area contributed by atoms with Gasteiger partial charge in [-0.2, -0.15) is 8.42 Å². The number of carbonyl (C=O) groups excluding carboxylic acids is 1. The van der Waals surface area contributed by atoms with Crippen molar-refractivity contribution in [2.75, 3.05) is 7.11 Å². The molecule has 1 aliphatic rings. The summed E-state index contributed by atoms with van der Waals surface area (Å²) >= 11 is 1.22. The Morgan fingerprint density at radius 3 is 2.28 bits per heavy atom. The second-order valence-electron chi connectivity index (χ2n) is 7.80.